The molecule has 7 heteroatoms. The minimum Gasteiger partial charge on any atom is -0.479 e. The molecule has 0 amide bonds. The van der Waals surface area contributed by atoms with Crippen LogP contribution in [0.15, 0.2) is 42.5 Å². The molecule has 0 radical (unpaired) electrons. The third kappa shape index (κ3) is 10.2. The van der Waals surface area contributed by atoms with Gasteiger partial charge in [-0.3, -0.25) is 0 Å². The van der Waals surface area contributed by atoms with Crippen molar-refractivity contribution in [3.05, 3.63) is 48.0 Å². The fourth-order valence-electron chi connectivity index (χ4n) is 3.84. The summed E-state index contributed by atoms with van der Waals surface area (Å²) in [5, 5.41) is 19.0. The van der Waals surface area contributed by atoms with E-state index in [4.69, 9.17) is 14.2 Å². The summed E-state index contributed by atoms with van der Waals surface area (Å²) in [5.41, 5.74) is 0.777. The van der Waals surface area contributed by atoms with Crippen LogP contribution in [0, 0.1) is 6.92 Å². The van der Waals surface area contributed by atoms with Gasteiger partial charge in [0.25, 0.3) is 0 Å². The lowest BCUT2D eigenvalue weighted by molar-refractivity contribution is -0.146. The Labute approximate surface area is 214 Å². The Bertz CT molecular complexity index is 939. The lowest BCUT2D eigenvalue weighted by atomic mass is 10.1. The van der Waals surface area contributed by atoms with Gasteiger partial charge in [-0.2, -0.15) is 0 Å². The topological polar surface area (TPSA) is 102 Å². The molecule has 0 saturated carbocycles. The lowest BCUT2D eigenvalue weighted by Gasteiger charge is -2.17. The van der Waals surface area contributed by atoms with E-state index in [0.29, 0.717) is 35.8 Å². The fourth-order valence-corrected chi connectivity index (χ4v) is 3.84. The van der Waals surface area contributed by atoms with Crippen molar-refractivity contribution in [3.63, 3.8) is 0 Å². The molecule has 0 saturated heterocycles. The maximum Gasteiger partial charge on any atom is 0.344 e. The summed E-state index contributed by atoms with van der Waals surface area (Å²) in [6.45, 7) is 6.08. The van der Waals surface area contributed by atoms with Gasteiger partial charge in [0.15, 0.2) is 12.2 Å². The van der Waals surface area contributed by atoms with E-state index >= 15 is 0 Å². The van der Waals surface area contributed by atoms with Gasteiger partial charge in [-0.1, -0.05) is 52.4 Å². The molecule has 7 nitrogen and oxygen atoms in total. The highest BCUT2D eigenvalue weighted by Gasteiger charge is 2.20. The van der Waals surface area contributed by atoms with Crippen LogP contribution in [-0.2, 0) is 9.59 Å². The molecule has 0 aliphatic rings. The molecule has 0 unspecified atom stereocenters. The molecule has 198 valence electrons. The van der Waals surface area contributed by atoms with Crippen molar-refractivity contribution in [1.29, 1.82) is 0 Å². The van der Waals surface area contributed by atoms with E-state index in [0.717, 1.165) is 56.9 Å². The van der Waals surface area contributed by atoms with Gasteiger partial charge in [0.2, 0.25) is 0 Å². The zero-order chi connectivity index (χ0) is 26.3. The molecular weight excluding hydrogens is 460 g/mol. The first-order valence-corrected chi connectivity index (χ1v) is 13.0. The van der Waals surface area contributed by atoms with E-state index in [1.807, 2.05) is 6.92 Å². The van der Waals surface area contributed by atoms with Crippen molar-refractivity contribution in [2.45, 2.75) is 97.2 Å². The Morgan fingerprint density at radius 3 is 1.69 bits per heavy atom. The van der Waals surface area contributed by atoms with Crippen LogP contribution in [0.25, 0.3) is 0 Å². The van der Waals surface area contributed by atoms with Crippen LogP contribution in [0.2, 0.25) is 0 Å². The highest BCUT2D eigenvalue weighted by Crippen LogP contribution is 2.30. The van der Waals surface area contributed by atoms with E-state index < -0.39 is 24.1 Å². The normalized spacial score (nSPS) is 12.5. The fraction of sp³-hybridized carbons (Fsp3) is 0.517. The molecule has 0 heterocycles. The standard InChI is InChI=1S/C29H40O7/c1-4-6-8-10-12-26(28(30)31)35-23-16-14-22(15-17-23)34-24-18-19-25(21(3)20-24)36-27(29(32)33)13-11-9-7-5-2/h14-20,26-27H,4-13H2,1-3H3,(H,30,31)(H,32,33)/t26-,27+/m0/s1. The van der Waals surface area contributed by atoms with Crippen LogP contribution < -0.4 is 14.2 Å². The first kappa shape index (κ1) is 29.0. The zero-order valence-electron chi connectivity index (χ0n) is 21.7. The minimum absolute atomic E-state index is 0.475. The summed E-state index contributed by atoms with van der Waals surface area (Å²) in [5.74, 6) is 0.235. The number of unbranched alkanes of at least 4 members (excludes halogenated alkanes) is 6. The van der Waals surface area contributed by atoms with E-state index in [-0.39, 0.29) is 0 Å². The van der Waals surface area contributed by atoms with Crippen molar-refractivity contribution in [2.75, 3.05) is 0 Å². The Morgan fingerprint density at radius 1 is 0.694 bits per heavy atom. The highest BCUT2D eigenvalue weighted by atomic mass is 16.5. The van der Waals surface area contributed by atoms with Gasteiger partial charge in [-0.05, 0) is 80.6 Å². The maximum absolute atomic E-state index is 11.6. The number of rotatable bonds is 18. The molecule has 0 aliphatic carbocycles. The van der Waals surface area contributed by atoms with Gasteiger partial charge in [0.05, 0.1) is 0 Å². The second-order valence-electron chi connectivity index (χ2n) is 9.09. The van der Waals surface area contributed by atoms with Gasteiger partial charge in [-0.25, -0.2) is 9.59 Å². The van der Waals surface area contributed by atoms with Gasteiger partial charge < -0.3 is 24.4 Å². The van der Waals surface area contributed by atoms with Crippen molar-refractivity contribution >= 4 is 11.9 Å². The molecule has 2 rings (SSSR count). The minimum atomic E-state index is -0.962. The molecule has 2 atom stereocenters. The van der Waals surface area contributed by atoms with Crippen LogP contribution >= 0.6 is 0 Å². The number of aliphatic carboxylic acids is 2. The quantitative estimate of drug-likeness (QED) is 0.206. The molecule has 0 spiro atoms. The average Bonchev–Trinajstić information content (AvgIpc) is 2.85. The number of hydrogen-bond donors (Lipinski definition) is 2. The Hall–Kier alpha value is -3.22. The number of carboxylic acid groups (broad SMARTS) is 2. The largest absolute Gasteiger partial charge is 0.479 e. The van der Waals surface area contributed by atoms with Crippen LogP contribution in [0.5, 0.6) is 23.0 Å². The maximum atomic E-state index is 11.6. The Kier molecular flexibility index (Phi) is 12.7. The Morgan fingerprint density at radius 2 is 1.19 bits per heavy atom. The number of hydrogen-bond acceptors (Lipinski definition) is 5. The van der Waals surface area contributed by atoms with E-state index in [2.05, 4.69) is 13.8 Å². The molecule has 0 aromatic heterocycles. The summed E-state index contributed by atoms with van der Waals surface area (Å²) < 4.78 is 17.4. The van der Waals surface area contributed by atoms with Crippen molar-refractivity contribution < 1.29 is 34.0 Å². The summed E-state index contributed by atoms with van der Waals surface area (Å²) in [7, 11) is 0. The molecule has 2 N–H and O–H groups in total. The molecule has 36 heavy (non-hydrogen) atoms. The van der Waals surface area contributed by atoms with Gasteiger partial charge in [0.1, 0.15) is 23.0 Å². The molecule has 2 aromatic rings. The molecular formula is C29H40O7. The van der Waals surface area contributed by atoms with E-state index in [9.17, 15) is 19.8 Å². The van der Waals surface area contributed by atoms with Crippen LogP contribution in [0.1, 0.15) is 83.6 Å². The second-order valence-corrected chi connectivity index (χ2v) is 9.09. The summed E-state index contributed by atoms with van der Waals surface area (Å²) >= 11 is 0. The van der Waals surface area contributed by atoms with Crippen molar-refractivity contribution in [1.82, 2.24) is 0 Å². The molecule has 0 fully saturated rings. The predicted molar refractivity (Wildman–Crippen MR) is 139 cm³/mol. The predicted octanol–water partition coefficient (Wildman–Crippen LogP) is 7.39. The van der Waals surface area contributed by atoms with Crippen molar-refractivity contribution in [3.8, 4) is 23.0 Å². The number of benzene rings is 2. The van der Waals surface area contributed by atoms with Gasteiger partial charge >= 0.3 is 11.9 Å². The monoisotopic (exact) mass is 500 g/mol. The summed E-state index contributed by atoms with van der Waals surface area (Å²) in [6.07, 6.45) is 7.19. The number of carboxylic acids is 2. The SMILES string of the molecule is CCCCCC[C@H](Oc1ccc(Oc2ccc(O[C@H](CCCCCC)C(=O)O)c(C)c2)cc1)C(=O)O. The van der Waals surface area contributed by atoms with Gasteiger partial charge in [0, 0.05) is 0 Å². The number of aryl methyl sites for hydroxylation is 1. The average molecular weight is 501 g/mol. The smallest absolute Gasteiger partial charge is 0.344 e. The third-order valence-electron chi connectivity index (χ3n) is 5.94. The summed E-state index contributed by atoms with van der Waals surface area (Å²) in [6, 6.07) is 12.1. The molecule has 2 aromatic carbocycles. The second kappa shape index (κ2) is 15.7. The third-order valence-corrected chi connectivity index (χ3v) is 5.94. The Balaban J connectivity index is 1.94. The van der Waals surface area contributed by atoms with E-state index in [1.54, 1.807) is 42.5 Å². The van der Waals surface area contributed by atoms with Crippen molar-refractivity contribution in [2.24, 2.45) is 0 Å². The van der Waals surface area contributed by atoms with Crippen LogP contribution in [0.4, 0.5) is 0 Å². The highest BCUT2D eigenvalue weighted by molar-refractivity contribution is 5.73. The summed E-state index contributed by atoms with van der Waals surface area (Å²) in [4.78, 5) is 23.1. The first-order valence-electron chi connectivity index (χ1n) is 13.0. The van der Waals surface area contributed by atoms with Gasteiger partial charge in [-0.15, -0.1) is 0 Å². The lowest BCUT2D eigenvalue weighted by Crippen LogP contribution is -2.27. The molecule has 0 aliphatic heterocycles. The molecule has 0 bridgehead atoms. The number of carbonyl (C=O) groups is 2. The zero-order valence-corrected chi connectivity index (χ0v) is 21.7. The van der Waals surface area contributed by atoms with Crippen LogP contribution in [0.3, 0.4) is 0 Å². The van der Waals surface area contributed by atoms with Crippen LogP contribution in [-0.4, -0.2) is 34.4 Å². The first-order chi connectivity index (χ1) is 17.3. The van der Waals surface area contributed by atoms with E-state index in [1.165, 1.54) is 0 Å². The number of ether oxygens (including phenoxy) is 3.